The van der Waals surface area contributed by atoms with Crippen LogP contribution >= 0.6 is 23.2 Å². The lowest BCUT2D eigenvalue weighted by molar-refractivity contribution is 0.0468. The summed E-state index contributed by atoms with van der Waals surface area (Å²) in [5, 5.41) is 43.5. The van der Waals surface area contributed by atoms with E-state index in [9.17, 15) is 29.4 Å². The van der Waals surface area contributed by atoms with Gasteiger partial charge in [-0.15, -0.1) is 23.2 Å². The number of amides is 2. The van der Waals surface area contributed by atoms with Crippen LogP contribution in [-0.4, -0.2) is 112 Å². The largest absolute Gasteiger partial charge is 0.478 e. The van der Waals surface area contributed by atoms with E-state index in [1.165, 1.54) is 18.2 Å². The molecule has 4 aliphatic rings. The number of hydrogen-bond acceptors (Lipinski definition) is 14. The van der Waals surface area contributed by atoms with E-state index >= 15 is 0 Å². The number of hydrogen-bond donors (Lipinski definition) is 8. The summed E-state index contributed by atoms with van der Waals surface area (Å²) >= 11 is 11.3. The number of benzene rings is 6. The van der Waals surface area contributed by atoms with E-state index in [0.717, 1.165) is 51.4 Å². The Balaban J connectivity index is 0.000000236. The summed E-state index contributed by atoms with van der Waals surface area (Å²) in [6, 6.07) is 29.1. The molecule has 2 heterocycles. The van der Waals surface area contributed by atoms with Gasteiger partial charge in [0.15, 0.2) is 0 Å². The molecule has 2 amide bonds. The molecule has 432 valence electrons. The maximum Gasteiger partial charge on any atom is 0.336 e. The van der Waals surface area contributed by atoms with Gasteiger partial charge < -0.3 is 70.9 Å². The highest BCUT2D eigenvalue weighted by atomic mass is 35.5. The van der Waals surface area contributed by atoms with Crippen molar-refractivity contribution in [2.75, 3.05) is 89.2 Å². The van der Waals surface area contributed by atoms with Crippen LogP contribution in [0, 0.1) is 10.8 Å². The highest BCUT2D eigenvalue weighted by molar-refractivity contribution is 6.18. The van der Waals surface area contributed by atoms with E-state index in [-0.39, 0.29) is 46.4 Å². The third-order valence-electron chi connectivity index (χ3n) is 13.2. The van der Waals surface area contributed by atoms with Crippen LogP contribution in [0.3, 0.4) is 0 Å². The number of ether oxygens (including phenoxy) is 4. The minimum absolute atomic E-state index is 0.0320. The molecule has 2 aliphatic carbocycles. The van der Waals surface area contributed by atoms with Crippen LogP contribution in [0.4, 0.5) is 11.4 Å². The Hall–Kier alpha value is -7.84. The lowest BCUT2D eigenvalue weighted by Crippen LogP contribution is -2.28. The molecule has 2 aliphatic heterocycles. The standard InChI is InChI=1S/2C31H34ClN3O6/c32-11-3-1-2-4-13-39-15-16-40-14-12-35-30(36)20-5-8-23(31(37)38)26(17-20)29-24-9-6-21(33)18-27(24)41-28-19-22(34)7-10-25(28)29;32-11-3-1-2-4-13-39-15-16-40-14-12-35-30(36)20-5-8-23(26(17-20)31(37)38)29-24-9-6-21(33)18-27(24)41-28-19-22(34)7-10-25(28)29/h2*5-10,17-19,33H,1-4,11-16,34H2,(H,35,36)(H,37,38). The average Bonchev–Trinajstić information content (AvgIpc) is 3.66. The number of nitrogens with two attached hydrogens (primary N) is 2. The van der Waals surface area contributed by atoms with Crippen molar-refractivity contribution < 1.29 is 57.2 Å². The van der Waals surface area contributed by atoms with Crippen LogP contribution in [0.15, 0.2) is 118 Å². The smallest absolute Gasteiger partial charge is 0.336 e. The third-order valence-corrected chi connectivity index (χ3v) is 13.7. The summed E-state index contributed by atoms with van der Waals surface area (Å²) in [5.74, 6) is -0.837. The van der Waals surface area contributed by atoms with Gasteiger partial charge in [-0.3, -0.25) is 9.59 Å². The van der Waals surface area contributed by atoms with Crippen molar-refractivity contribution in [2.24, 2.45) is 0 Å². The second kappa shape index (κ2) is 31.4. The fourth-order valence-electron chi connectivity index (χ4n) is 9.18. The summed E-state index contributed by atoms with van der Waals surface area (Å²) in [6.45, 7) is 4.39. The number of nitrogens with one attached hydrogen (secondary N) is 4. The van der Waals surface area contributed by atoms with Crippen LogP contribution in [0.1, 0.15) is 92.8 Å². The SMILES string of the molecule is N=c1ccc2c(-c3cc(C(=O)NCCOCCOCCCCCCCl)ccc3C(=O)O)c3ccc(N)cc3oc-2c1.N=c1ccc2c(-c3ccc(C(=O)NCCOCCOCCCCCCCl)cc3C(=O)O)c3ccc(N)cc3oc-2c1. The Bertz CT molecular complexity index is 3530. The monoisotopic (exact) mass is 1160 g/mol. The molecule has 0 aromatic heterocycles. The molecule has 0 spiro atoms. The second-order valence-corrected chi connectivity index (χ2v) is 19.9. The van der Waals surface area contributed by atoms with Gasteiger partial charge >= 0.3 is 11.9 Å². The van der Waals surface area contributed by atoms with E-state index in [1.54, 1.807) is 91.0 Å². The normalized spacial score (nSPS) is 11.2. The highest BCUT2D eigenvalue weighted by Crippen LogP contribution is 2.43. The molecule has 0 fully saturated rings. The summed E-state index contributed by atoms with van der Waals surface area (Å²) in [7, 11) is 0. The van der Waals surface area contributed by atoms with Crippen LogP contribution in [0.25, 0.3) is 66.8 Å². The van der Waals surface area contributed by atoms with Crippen LogP contribution in [0.2, 0.25) is 0 Å². The van der Waals surface area contributed by atoms with Gasteiger partial charge in [-0.25, -0.2) is 9.59 Å². The lowest BCUT2D eigenvalue weighted by atomic mass is 9.89. The fraction of sp³-hybridized carbons (Fsp3) is 0.323. The lowest BCUT2D eigenvalue weighted by Gasteiger charge is -2.18. The molecule has 4 aromatic rings. The molecule has 20 heteroatoms. The molecule has 0 saturated heterocycles. The van der Waals surface area contributed by atoms with Crippen molar-refractivity contribution in [2.45, 2.75) is 51.4 Å². The van der Waals surface area contributed by atoms with E-state index in [4.69, 9.17) is 73.3 Å². The number of fused-ring (bicyclic) bond motifs is 4. The number of aromatic carboxylic acids is 2. The maximum absolute atomic E-state index is 13.0. The first-order valence-electron chi connectivity index (χ1n) is 27.1. The van der Waals surface area contributed by atoms with Gasteiger partial charge in [-0.05, 0) is 116 Å². The topological polar surface area (TPSA) is 296 Å². The van der Waals surface area contributed by atoms with Crippen LogP contribution in [-0.2, 0) is 18.9 Å². The molecule has 10 N–H and O–H groups in total. The zero-order chi connectivity index (χ0) is 58.4. The van der Waals surface area contributed by atoms with E-state index in [0.29, 0.717) is 148 Å². The van der Waals surface area contributed by atoms with Crippen molar-refractivity contribution >= 4 is 80.3 Å². The average molecular weight is 1160 g/mol. The molecule has 0 bridgehead atoms. The predicted octanol–water partition coefficient (Wildman–Crippen LogP) is 11.1. The number of carbonyl (C=O) groups excluding carboxylic acids is 2. The summed E-state index contributed by atoms with van der Waals surface area (Å²) in [6.07, 6.45) is 8.47. The number of nitrogen functional groups attached to an aromatic ring is 2. The van der Waals surface area contributed by atoms with Gasteiger partial charge in [0.2, 0.25) is 0 Å². The Kier molecular flexibility index (Phi) is 23.6. The number of unbranched alkanes of at least 4 members (excludes halogenated alkanes) is 6. The van der Waals surface area contributed by atoms with Crippen molar-refractivity contribution in [3.8, 4) is 44.9 Å². The number of carbonyl (C=O) groups is 4. The number of rotatable bonds is 30. The van der Waals surface area contributed by atoms with Gasteiger partial charge in [-0.1, -0.05) is 31.7 Å². The Morgan fingerprint density at radius 3 is 1.35 bits per heavy atom. The number of anilines is 2. The molecular weight excluding hydrogens is 1090 g/mol. The van der Waals surface area contributed by atoms with E-state index in [2.05, 4.69) is 10.6 Å². The van der Waals surface area contributed by atoms with Gasteiger partial charge in [0, 0.05) is 118 Å². The molecule has 0 saturated carbocycles. The van der Waals surface area contributed by atoms with Gasteiger partial charge in [0.1, 0.15) is 22.7 Å². The molecule has 82 heavy (non-hydrogen) atoms. The number of carboxylic acid groups (broad SMARTS) is 2. The molecule has 4 aromatic carbocycles. The predicted molar refractivity (Wildman–Crippen MR) is 317 cm³/mol. The summed E-state index contributed by atoms with van der Waals surface area (Å²) in [4.78, 5) is 50.4. The first-order chi connectivity index (χ1) is 39.8. The molecule has 0 atom stereocenters. The Labute approximate surface area is 484 Å². The quantitative estimate of drug-likeness (QED) is 0.00899. The first kappa shape index (κ1) is 61.8. The van der Waals surface area contributed by atoms with Crippen molar-refractivity contribution in [1.29, 1.82) is 10.8 Å². The highest BCUT2D eigenvalue weighted by Gasteiger charge is 2.25. The molecule has 0 unspecified atom stereocenters. The Morgan fingerprint density at radius 2 is 0.878 bits per heavy atom. The third kappa shape index (κ3) is 17.1. The number of alkyl halides is 2. The maximum atomic E-state index is 13.0. The zero-order valence-corrected chi connectivity index (χ0v) is 46.9. The Morgan fingerprint density at radius 1 is 0.451 bits per heavy atom. The number of halogens is 2. The van der Waals surface area contributed by atoms with Crippen LogP contribution in [0.5, 0.6) is 0 Å². The molecule has 18 nitrogen and oxygen atoms in total. The van der Waals surface area contributed by atoms with E-state index < -0.39 is 17.8 Å². The second-order valence-electron chi connectivity index (χ2n) is 19.2. The zero-order valence-electron chi connectivity index (χ0n) is 45.4. The fourth-order valence-corrected chi connectivity index (χ4v) is 9.56. The molecular formula is C62H68Cl2N6O12. The molecule has 0 radical (unpaired) electrons. The van der Waals surface area contributed by atoms with Crippen molar-refractivity contribution in [3.63, 3.8) is 0 Å². The molecule has 8 rings (SSSR count). The van der Waals surface area contributed by atoms with Crippen molar-refractivity contribution in [3.05, 3.63) is 142 Å². The minimum atomic E-state index is -1.17. The first-order valence-corrected chi connectivity index (χ1v) is 28.2. The van der Waals surface area contributed by atoms with Crippen molar-refractivity contribution in [1.82, 2.24) is 10.6 Å². The van der Waals surface area contributed by atoms with Gasteiger partial charge in [-0.2, -0.15) is 0 Å². The minimum Gasteiger partial charge on any atom is -0.478 e. The summed E-state index contributed by atoms with van der Waals surface area (Å²) < 4.78 is 34.2. The van der Waals surface area contributed by atoms with Gasteiger partial charge in [0.25, 0.3) is 11.8 Å². The van der Waals surface area contributed by atoms with Gasteiger partial charge in [0.05, 0.1) is 61.5 Å². The summed E-state index contributed by atoms with van der Waals surface area (Å²) in [5.41, 5.74) is 17.6. The number of carboxylic acids is 2. The van der Waals surface area contributed by atoms with Crippen LogP contribution < -0.4 is 32.8 Å². The van der Waals surface area contributed by atoms with E-state index in [1.807, 2.05) is 0 Å².